The molecule has 3 nitrogen and oxygen atoms in total. The van der Waals surface area contributed by atoms with Gasteiger partial charge in [-0.3, -0.25) is 4.79 Å². The first-order valence-electron chi connectivity index (χ1n) is 7.36. The molecule has 0 aromatic rings. The second kappa shape index (κ2) is 6.01. The van der Waals surface area contributed by atoms with Crippen LogP contribution >= 0.6 is 12.4 Å². The van der Waals surface area contributed by atoms with Crippen molar-refractivity contribution in [2.24, 2.45) is 16.7 Å². The highest BCUT2D eigenvalue weighted by molar-refractivity contribution is 5.85. The molecule has 1 aliphatic carbocycles. The number of carbonyl (C=O) groups is 1. The zero-order chi connectivity index (χ0) is 13.4. The number of nitrogens with one attached hydrogen (secondary N) is 2. The van der Waals surface area contributed by atoms with Gasteiger partial charge in [0.25, 0.3) is 0 Å². The van der Waals surface area contributed by atoms with Crippen LogP contribution in [0.3, 0.4) is 0 Å². The second-order valence-electron chi connectivity index (χ2n) is 7.18. The van der Waals surface area contributed by atoms with E-state index in [4.69, 9.17) is 0 Å². The number of hydrogen-bond donors (Lipinski definition) is 2. The van der Waals surface area contributed by atoms with Crippen molar-refractivity contribution >= 4 is 18.3 Å². The fraction of sp³-hybridized carbons (Fsp3) is 0.933. The van der Waals surface area contributed by atoms with E-state index in [0.29, 0.717) is 12.5 Å². The molecule has 0 aromatic heterocycles. The molecule has 0 radical (unpaired) electrons. The molecule has 1 amide bonds. The predicted molar refractivity (Wildman–Crippen MR) is 81.6 cm³/mol. The molecule has 2 N–H and O–H groups in total. The number of piperidine rings is 1. The third-order valence-electron chi connectivity index (χ3n) is 5.56. The van der Waals surface area contributed by atoms with Crippen molar-refractivity contribution in [2.45, 2.75) is 59.4 Å². The van der Waals surface area contributed by atoms with Gasteiger partial charge in [0.05, 0.1) is 0 Å². The largest absolute Gasteiger partial charge is 0.352 e. The molecule has 0 aromatic carbocycles. The monoisotopic (exact) mass is 288 g/mol. The summed E-state index contributed by atoms with van der Waals surface area (Å²) in [6.07, 6.45) is 4.22. The average molecular weight is 289 g/mol. The lowest BCUT2D eigenvalue weighted by Crippen LogP contribution is -2.31. The van der Waals surface area contributed by atoms with Crippen molar-refractivity contribution in [3.05, 3.63) is 0 Å². The van der Waals surface area contributed by atoms with Crippen LogP contribution in [-0.4, -0.2) is 25.0 Å². The number of halogens is 1. The summed E-state index contributed by atoms with van der Waals surface area (Å²) in [5, 5.41) is 6.58. The molecule has 4 heteroatoms. The highest BCUT2D eigenvalue weighted by Gasteiger charge is 2.65. The van der Waals surface area contributed by atoms with Crippen molar-refractivity contribution in [3.63, 3.8) is 0 Å². The molecule has 0 bridgehead atoms. The van der Waals surface area contributed by atoms with Gasteiger partial charge in [-0.05, 0) is 49.1 Å². The van der Waals surface area contributed by atoms with Gasteiger partial charge in [-0.15, -0.1) is 12.4 Å². The third kappa shape index (κ3) is 3.43. The highest BCUT2D eigenvalue weighted by Crippen LogP contribution is 2.62. The van der Waals surface area contributed by atoms with Crippen molar-refractivity contribution in [1.82, 2.24) is 10.6 Å². The van der Waals surface area contributed by atoms with Crippen LogP contribution in [0, 0.1) is 16.7 Å². The maximum Gasteiger partial charge on any atom is 0.220 e. The number of carbonyl (C=O) groups excluding carboxylic acids is 1. The van der Waals surface area contributed by atoms with Crippen LogP contribution in [0.15, 0.2) is 0 Å². The van der Waals surface area contributed by atoms with Crippen molar-refractivity contribution in [3.8, 4) is 0 Å². The van der Waals surface area contributed by atoms with Gasteiger partial charge in [0.1, 0.15) is 0 Å². The van der Waals surface area contributed by atoms with Gasteiger partial charge < -0.3 is 10.6 Å². The molecular weight excluding hydrogens is 260 g/mol. The molecule has 1 heterocycles. The highest BCUT2D eigenvalue weighted by atomic mass is 35.5. The lowest BCUT2D eigenvalue weighted by molar-refractivity contribution is -0.121. The molecule has 0 spiro atoms. The summed E-state index contributed by atoms with van der Waals surface area (Å²) in [5.74, 6) is 0.995. The lowest BCUT2D eigenvalue weighted by Gasteiger charge is -2.22. The Hall–Kier alpha value is -0.280. The summed E-state index contributed by atoms with van der Waals surface area (Å²) in [7, 11) is 0. The molecule has 2 fully saturated rings. The van der Waals surface area contributed by atoms with Crippen LogP contribution < -0.4 is 10.6 Å². The smallest absolute Gasteiger partial charge is 0.220 e. The Balaban J connectivity index is 0.00000180. The Morgan fingerprint density at radius 1 is 1.16 bits per heavy atom. The van der Waals surface area contributed by atoms with Gasteiger partial charge >= 0.3 is 0 Å². The Morgan fingerprint density at radius 2 is 1.68 bits per heavy atom. The fourth-order valence-corrected chi connectivity index (χ4v) is 3.30. The summed E-state index contributed by atoms with van der Waals surface area (Å²) < 4.78 is 0. The first-order chi connectivity index (χ1) is 8.35. The summed E-state index contributed by atoms with van der Waals surface area (Å²) in [5.41, 5.74) is 0.495. The Bertz CT molecular complexity index is 308. The van der Waals surface area contributed by atoms with E-state index in [1.54, 1.807) is 0 Å². The van der Waals surface area contributed by atoms with Gasteiger partial charge in [0, 0.05) is 12.5 Å². The lowest BCUT2D eigenvalue weighted by atomic mass is 9.93. The zero-order valence-electron chi connectivity index (χ0n) is 12.7. The van der Waals surface area contributed by atoms with E-state index in [-0.39, 0.29) is 29.1 Å². The molecule has 1 aliphatic heterocycles. The van der Waals surface area contributed by atoms with Gasteiger partial charge in [0.2, 0.25) is 5.91 Å². The summed E-state index contributed by atoms with van der Waals surface area (Å²) >= 11 is 0. The van der Waals surface area contributed by atoms with E-state index in [1.165, 1.54) is 12.8 Å². The minimum Gasteiger partial charge on any atom is -0.352 e. The maximum atomic E-state index is 12.0. The van der Waals surface area contributed by atoms with E-state index < -0.39 is 0 Å². The van der Waals surface area contributed by atoms with E-state index in [2.05, 4.69) is 38.3 Å². The second-order valence-corrected chi connectivity index (χ2v) is 7.18. The number of hydrogen-bond acceptors (Lipinski definition) is 2. The predicted octanol–water partition coefficient (Wildman–Crippen LogP) is 2.74. The topological polar surface area (TPSA) is 41.1 Å². The number of amides is 1. The van der Waals surface area contributed by atoms with Gasteiger partial charge in [-0.25, -0.2) is 0 Å². The molecule has 0 unspecified atom stereocenters. The van der Waals surface area contributed by atoms with Gasteiger partial charge in [-0.2, -0.15) is 0 Å². The van der Waals surface area contributed by atoms with Crippen molar-refractivity contribution in [1.29, 1.82) is 0 Å². The van der Waals surface area contributed by atoms with Crippen LogP contribution in [-0.2, 0) is 4.79 Å². The minimum atomic E-state index is 0. The summed E-state index contributed by atoms with van der Waals surface area (Å²) in [6.45, 7) is 11.2. The molecule has 1 saturated heterocycles. The maximum absolute atomic E-state index is 12.0. The van der Waals surface area contributed by atoms with E-state index in [1.807, 2.05) is 0 Å². The fourth-order valence-electron chi connectivity index (χ4n) is 3.30. The molecular formula is C15H29ClN2O. The first kappa shape index (κ1) is 16.8. The van der Waals surface area contributed by atoms with Gasteiger partial charge in [0.15, 0.2) is 0 Å². The normalized spacial score (nSPS) is 25.5. The summed E-state index contributed by atoms with van der Waals surface area (Å²) in [4.78, 5) is 12.0. The van der Waals surface area contributed by atoms with Crippen LogP contribution in [0.4, 0.5) is 0 Å². The van der Waals surface area contributed by atoms with E-state index in [9.17, 15) is 4.79 Å². The minimum absolute atomic E-state index is 0. The van der Waals surface area contributed by atoms with Crippen LogP contribution in [0.1, 0.15) is 53.4 Å². The van der Waals surface area contributed by atoms with E-state index in [0.717, 1.165) is 25.4 Å². The summed E-state index contributed by atoms with van der Waals surface area (Å²) in [6, 6.07) is 0.352. The molecule has 19 heavy (non-hydrogen) atoms. The van der Waals surface area contributed by atoms with Gasteiger partial charge in [-0.1, -0.05) is 27.7 Å². The molecule has 0 atom stereocenters. The van der Waals surface area contributed by atoms with Crippen LogP contribution in [0.2, 0.25) is 0 Å². The SMILES string of the molecule is CC1(C)C(NC(=O)CCC2CCNCC2)C1(C)C.Cl. The zero-order valence-corrected chi connectivity index (χ0v) is 13.5. The van der Waals surface area contributed by atoms with Crippen molar-refractivity contribution < 1.29 is 4.79 Å². The molecule has 112 valence electrons. The quantitative estimate of drug-likeness (QED) is 0.835. The van der Waals surface area contributed by atoms with Crippen molar-refractivity contribution in [2.75, 3.05) is 13.1 Å². The first-order valence-corrected chi connectivity index (χ1v) is 7.36. The average Bonchev–Trinajstić information content (AvgIpc) is 2.70. The standard InChI is InChI=1S/C15H28N2O.ClH/c1-14(2)13(15(14,3)4)17-12(18)6-5-11-7-9-16-10-8-11;/h11,13,16H,5-10H2,1-4H3,(H,17,18);1H. The molecule has 2 rings (SSSR count). The number of rotatable bonds is 4. The third-order valence-corrected chi connectivity index (χ3v) is 5.56. The Kier molecular flexibility index (Phi) is 5.30. The molecule has 1 saturated carbocycles. The van der Waals surface area contributed by atoms with Crippen LogP contribution in [0.5, 0.6) is 0 Å². The Morgan fingerprint density at radius 3 is 2.16 bits per heavy atom. The van der Waals surface area contributed by atoms with E-state index >= 15 is 0 Å². The van der Waals surface area contributed by atoms with Crippen LogP contribution in [0.25, 0.3) is 0 Å². The Labute approximate surface area is 123 Å². The molecule has 2 aliphatic rings.